The molecule has 1 N–H and O–H groups in total. The maximum Gasteiger partial charge on any atom is 0.311 e. The number of esters is 1. The molecule has 1 aliphatic carbocycles. The van der Waals surface area contributed by atoms with E-state index in [0.29, 0.717) is 18.4 Å². The Bertz CT molecular complexity index is 1430. The van der Waals surface area contributed by atoms with Gasteiger partial charge in [-0.2, -0.15) is 0 Å². The summed E-state index contributed by atoms with van der Waals surface area (Å²) in [5.41, 5.74) is 0.583. The quantitative estimate of drug-likeness (QED) is 0.317. The molecule has 1 aromatic heterocycles. The fraction of sp³-hybridized carbons (Fsp3) is 0.292. The van der Waals surface area contributed by atoms with Crippen molar-refractivity contribution in [3.05, 3.63) is 68.9 Å². The van der Waals surface area contributed by atoms with Crippen molar-refractivity contribution in [2.24, 2.45) is 0 Å². The van der Waals surface area contributed by atoms with E-state index < -0.39 is 33.6 Å². The number of benzene rings is 2. The minimum atomic E-state index is -3.42. The molecule has 3 aromatic rings. The molecule has 37 heavy (non-hydrogen) atoms. The summed E-state index contributed by atoms with van der Waals surface area (Å²) in [6.07, 6.45) is -0.199. The van der Waals surface area contributed by atoms with Crippen LogP contribution in [0.25, 0.3) is 0 Å². The molecule has 1 fully saturated rings. The van der Waals surface area contributed by atoms with Gasteiger partial charge in [-0.05, 0) is 44.0 Å². The van der Waals surface area contributed by atoms with Crippen molar-refractivity contribution >= 4 is 61.4 Å². The maximum absolute atomic E-state index is 13.6. The molecule has 1 aliphatic rings. The number of carbonyl (C=O) groups is 2. The first-order valence-corrected chi connectivity index (χ1v) is 14.3. The lowest BCUT2D eigenvalue weighted by molar-refractivity contribution is -0.142. The van der Waals surface area contributed by atoms with Gasteiger partial charge in [0.2, 0.25) is 6.10 Å². The number of carbonyl (C=O) groups excluding carboxylic acids is 2. The van der Waals surface area contributed by atoms with E-state index in [9.17, 15) is 22.4 Å². The first kappa shape index (κ1) is 27.3. The van der Waals surface area contributed by atoms with Crippen LogP contribution >= 0.6 is 34.5 Å². The Balaban J connectivity index is 1.59. The van der Waals surface area contributed by atoms with Crippen LogP contribution < -0.4 is 10.1 Å². The Labute approximate surface area is 226 Å². The van der Waals surface area contributed by atoms with Gasteiger partial charge in [0.15, 0.2) is 15.0 Å². The van der Waals surface area contributed by atoms with E-state index in [1.807, 2.05) is 0 Å². The number of ether oxygens (including phenoxy) is 2. The largest absolute Gasteiger partial charge is 0.476 e. The van der Waals surface area contributed by atoms with Crippen LogP contribution in [-0.2, 0) is 30.6 Å². The molecular formula is C24H21Cl2FN2O6S2. The van der Waals surface area contributed by atoms with E-state index in [0.717, 1.165) is 17.4 Å². The van der Waals surface area contributed by atoms with Gasteiger partial charge in [-0.1, -0.05) is 46.7 Å². The number of halogens is 3. The minimum absolute atomic E-state index is 0.112. The summed E-state index contributed by atoms with van der Waals surface area (Å²) in [6.45, 7) is 1.88. The molecule has 0 aliphatic heterocycles. The van der Waals surface area contributed by atoms with Crippen LogP contribution in [0.15, 0.2) is 47.4 Å². The fourth-order valence-electron chi connectivity index (χ4n) is 3.38. The van der Waals surface area contributed by atoms with E-state index in [1.54, 1.807) is 6.92 Å². The molecule has 0 radical (unpaired) electrons. The molecule has 13 heteroatoms. The normalized spacial score (nSPS) is 14.2. The zero-order valence-corrected chi connectivity index (χ0v) is 22.5. The first-order valence-electron chi connectivity index (χ1n) is 11.2. The van der Waals surface area contributed by atoms with Crippen LogP contribution in [0.5, 0.6) is 5.75 Å². The van der Waals surface area contributed by atoms with Crippen molar-refractivity contribution in [2.75, 3.05) is 11.9 Å². The third kappa shape index (κ3) is 6.59. The minimum Gasteiger partial charge on any atom is -0.476 e. The Morgan fingerprint density at radius 3 is 2.51 bits per heavy atom. The van der Waals surface area contributed by atoms with Crippen LogP contribution in [-0.4, -0.2) is 37.1 Å². The number of aromatic nitrogens is 1. The van der Waals surface area contributed by atoms with Gasteiger partial charge < -0.3 is 9.47 Å². The van der Waals surface area contributed by atoms with Gasteiger partial charge in [0, 0.05) is 11.6 Å². The van der Waals surface area contributed by atoms with Crippen molar-refractivity contribution in [2.45, 2.75) is 42.4 Å². The molecule has 0 spiro atoms. The molecule has 1 atom stereocenters. The zero-order valence-electron chi connectivity index (χ0n) is 19.4. The van der Waals surface area contributed by atoms with Crippen molar-refractivity contribution in [1.29, 1.82) is 0 Å². The summed E-state index contributed by atoms with van der Waals surface area (Å²) in [6, 6.07) is 9.42. The van der Waals surface area contributed by atoms with Gasteiger partial charge in [-0.15, -0.1) is 0 Å². The lowest BCUT2D eigenvalue weighted by Crippen LogP contribution is -2.26. The summed E-state index contributed by atoms with van der Waals surface area (Å²) in [7, 11) is -3.42. The predicted molar refractivity (Wildman–Crippen MR) is 138 cm³/mol. The number of nitrogens with zero attached hydrogens (tertiary/aromatic N) is 1. The van der Waals surface area contributed by atoms with Crippen molar-refractivity contribution in [1.82, 2.24) is 4.98 Å². The van der Waals surface area contributed by atoms with Gasteiger partial charge in [-0.25, -0.2) is 17.8 Å². The fourth-order valence-corrected chi connectivity index (χ4v) is 6.25. The second kappa shape index (κ2) is 11.3. The number of thiazole rings is 1. The van der Waals surface area contributed by atoms with Crippen LogP contribution in [0, 0.1) is 5.82 Å². The van der Waals surface area contributed by atoms with Crippen LogP contribution in [0.4, 0.5) is 9.52 Å². The van der Waals surface area contributed by atoms with Crippen molar-refractivity contribution in [3.63, 3.8) is 0 Å². The van der Waals surface area contributed by atoms with Crippen LogP contribution in [0.1, 0.15) is 37.1 Å². The number of sulfone groups is 1. The average Bonchev–Trinajstić information content (AvgIpc) is 3.66. The van der Waals surface area contributed by atoms with E-state index in [1.165, 1.54) is 36.4 Å². The number of amides is 1. The Hall–Kier alpha value is -2.73. The molecule has 4 rings (SSSR count). The SMILES string of the molecule is CCOC(=O)Cc1nc(NC(=O)C(Oc2ccc(F)c(Cl)c2)c2ccc(S(=O)(=O)C3CC3)cc2)sc1Cl. The lowest BCUT2D eigenvalue weighted by atomic mass is 10.1. The number of nitrogens with one attached hydrogen (secondary N) is 1. The molecule has 1 amide bonds. The highest BCUT2D eigenvalue weighted by Crippen LogP contribution is 2.35. The Kier molecular flexibility index (Phi) is 8.37. The van der Waals surface area contributed by atoms with Crippen molar-refractivity contribution in [3.8, 4) is 5.75 Å². The van der Waals surface area contributed by atoms with E-state index >= 15 is 0 Å². The monoisotopic (exact) mass is 586 g/mol. The molecule has 2 aromatic carbocycles. The number of anilines is 1. The highest BCUT2D eigenvalue weighted by molar-refractivity contribution is 7.92. The lowest BCUT2D eigenvalue weighted by Gasteiger charge is -2.19. The second-order valence-electron chi connectivity index (χ2n) is 8.10. The van der Waals surface area contributed by atoms with E-state index in [4.69, 9.17) is 32.7 Å². The van der Waals surface area contributed by atoms with Gasteiger partial charge in [0.05, 0.1) is 33.9 Å². The van der Waals surface area contributed by atoms with Crippen LogP contribution in [0.3, 0.4) is 0 Å². The highest BCUT2D eigenvalue weighted by atomic mass is 35.5. The number of hydrogen-bond donors (Lipinski definition) is 1. The van der Waals surface area contributed by atoms with Gasteiger partial charge in [-0.3, -0.25) is 14.9 Å². The van der Waals surface area contributed by atoms with Gasteiger partial charge in [0.1, 0.15) is 15.9 Å². The number of hydrogen-bond acceptors (Lipinski definition) is 8. The predicted octanol–water partition coefficient (Wildman–Crippen LogP) is 5.39. The summed E-state index contributed by atoms with van der Waals surface area (Å²) < 4.78 is 49.7. The summed E-state index contributed by atoms with van der Waals surface area (Å²) in [4.78, 5) is 29.4. The molecule has 0 saturated heterocycles. The van der Waals surface area contributed by atoms with Crippen molar-refractivity contribution < 1.29 is 31.9 Å². The highest BCUT2D eigenvalue weighted by Gasteiger charge is 2.37. The number of rotatable bonds is 10. The molecule has 1 unspecified atom stereocenters. The van der Waals surface area contributed by atoms with Gasteiger partial charge >= 0.3 is 5.97 Å². The van der Waals surface area contributed by atoms with Crippen LogP contribution in [0.2, 0.25) is 9.36 Å². The Morgan fingerprint density at radius 2 is 1.89 bits per heavy atom. The topological polar surface area (TPSA) is 112 Å². The second-order valence-corrected chi connectivity index (χ2v) is 12.3. The third-order valence-electron chi connectivity index (χ3n) is 5.35. The molecule has 196 valence electrons. The smallest absolute Gasteiger partial charge is 0.311 e. The standard InChI is InChI=1S/C24H21Cl2FN2O6S2/c1-2-34-20(30)12-19-22(26)36-24(28-19)29-23(31)21(35-14-5-10-18(27)17(25)11-14)13-3-6-15(7-4-13)37(32,33)16-8-9-16/h3-7,10-11,16,21H,2,8-9,12H2,1H3,(H,28,29,31). The first-order chi connectivity index (χ1) is 17.6. The average molecular weight is 587 g/mol. The maximum atomic E-state index is 13.6. The molecule has 8 nitrogen and oxygen atoms in total. The van der Waals surface area contributed by atoms with E-state index in [-0.39, 0.29) is 49.1 Å². The summed E-state index contributed by atoms with van der Waals surface area (Å²) in [5, 5.41) is 2.15. The summed E-state index contributed by atoms with van der Waals surface area (Å²) in [5.74, 6) is -1.72. The molecule has 1 heterocycles. The zero-order chi connectivity index (χ0) is 26.7. The van der Waals surface area contributed by atoms with E-state index in [2.05, 4.69) is 10.3 Å². The van der Waals surface area contributed by atoms with Gasteiger partial charge in [0.25, 0.3) is 5.91 Å². The molecule has 1 saturated carbocycles. The third-order valence-corrected chi connectivity index (χ3v) is 9.17. The molecular weight excluding hydrogens is 566 g/mol. The Morgan fingerprint density at radius 1 is 1.19 bits per heavy atom. The summed E-state index contributed by atoms with van der Waals surface area (Å²) >= 11 is 13.0. The molecule has 0 bridgehead atoms.